The van der Waals surface area contributed by atoms with Gasteiger partial charge in [-0.25, -0.2) is 4.98 Å². The summed E-state index contributed by atoms with van der Waals surface area (Å²) < 4.78 is 8.98. The molecule has 5 heteroatoms. The Kier molecular flexibility index (Phi) is 4.11. The van der Waals surface area contributed by atoms with Crippen molar-refractivity contribution >= 4 is 28.5 Å². The molecule has 0 aromatic carbocycles. The van der Waals surface area contributed by atoms with Crippen LogP contribution in [0.15, 0.2) is 40.0 Å². The first-order valence-electron chi connectivity index (χ1n) is 5.31. The van der Waals surface area contributed by atoms with E-state index in [2.05, 4.69) is 33.7 Å². The zero-order chi connectivity index (χ0) is 12.3. The zero-order valence-corrected chi connectivity index (χ0v) is 11.6. The van der Waals surface area contributed by atoms with Gasteiger partial charge in [-0.3, -0.25) is 9.36 Å². The summed E-state index contributed by atoms with van der Waals surface area (Å²) in [7, 11) is 0. The van der Waals surface area contributed by atoms with Crippen LogP contribution in [0.4, 0.5) is 0 Å². The molecule has 0 radical (unpaired) electrons. The van der Waals surface area contributed by atoms with E-state index in [9.17, 15) is 4.79 Å². The summed E-state index contributed by atoms with van der Waals surface area (Å²) in [6.07, 6.45) is 7.10. The molecular weight excluding hydrogens is 331 g/mol. The third kappa shape index (κ3) is 3.04. The summed E-state index contributed by atoms with van der Waals surface area (Å²) in [5.74, 6) is -0.0537. The largest absolute Gasteiger partial charge is 0.364 e. The Bertz CT molecular complexity index is 463. The summed E-state index contributed by atoms with van der Waals surface area (Å²) in [5, 5.41) is 0. The minimum atomic E-state index is -0.377. The van der Waals surface area contributed by atoms with E-state index in [4.69, 9.17) is 4.74 Å². The molecule has 17 heavy (non-hydrogen) atoms. The van der Waals surface area contributed by atoms with Crippen molar-refractivity contribution in [3.63, 3.8) is 0 Å². The highest BCUT2D eigenvalue weighted by Gasteiger charge is 2.27. The summed E-state index contributed by atoms with van der Waals surface area (Å²) in [4.78, 5) is 15.8. The van der Waals surface area contributed by atoms with Crippen molar-refractivity contribution in [1.29, 1.82) is 0 Å². The van der Waals surface area contributed by atoms with Gasteiger partial charge in [0.25, 0.3) is 5.91 Å². The number of hydrogen-bond acceptors (Lipinski definition) is 3. The van der Waals surface area contributed by atoms with Crippen molar-refractivity contribution < 1.29 is 9.53 Å². The Labute approximate surface area is 114 Å². The van der Waals surface area contributed by atoms with Gasteiger partial charge in [0, 0.05) is 18.8 Å². The molecule has 0 unspecified atom stereocenters. The second-order valence-electron chi connectivity index (χ2n) is 3.97. The van der Waals surface area contributed by atoms with Crippen LogP contribution in [0.5, 0.6) is 0 Å². The molecule has 4 nitrogen and oxygen atoms in total. The molecule has 1 saturated heterocycles. The van der Waals surface area contributed by atoms with Gasteiger partial charge in [0.15, 0.2) is 0 Å². The molecule has 0 N–H and O–H groups in total. The lowest BCUT2D eigenvalue weighted by Crippen LogP contribution is -2.24. The number of aromatic nitrogens is 2. The summed E-state index contributed by atoms with van der Waals surface area (Å²) in [6.45, 7) is 2.57. The quantitative estimate of drug-likeness (QED) is 0.775. The van der Waals surface area contributed by atoms with Crippen molar-refractivity contribution in [3.8, 4) is 0 Å². The number of hydrogen-bond donors (Lipinski definition) is 0. The lowest BCUT2D eigenvalue weighted by Gasteiger charge is -2.06. The van der Waals surface area contributed by atoms with E-state index < -0.39 is 0 Å². The molecule has 0 amide bonds. The predicted octanol–water partition coefficient (Wildman–Crippen LogP) is 2.58. The van der Waals surface area contributed by atoms with Crippen molar-refractivity contribution in [2.45, 2.75) is 19.4 Å². The first-order valence-corrected chi connectivity index (χ1v) is 6.55. The maximum absolute atomic E-state index is 12.0. The van der Waals surface area contributed by atoms with Crippen LogP contribution < -0.4 is 0 Å². The fraction of sp³-hybridized carbons (Fsp3) is 0.333. The molecule has 1 aliphatic heterocycles. The van der Waals surface area contributed by atoms with E-state index in [0.717, 1.165) is 5.57 Å². The lowest BCUT2D eigenvalue weighted by molar-refractivity contribution is 0.0558. The van der Waals surface area contributed by atoms with Crippen molar-refractivity contribution in [2.75, 3.05) is 6.61 Å². The van der Waals surface area contributed by atoms with Crippen molar-refractivity contribution in [2.24, 2.45) is 0 Å². The van der Waals surface area contributed by atoms with Crippen LogP contribution in [0.1, 0.15) is 18.1 Å². The molecule has 90 valence electrons. The zero-order valence-electron chi connectivity index (χ0n) is 9.47. The van der Waals surface area contributed by atoms with E-state index in [0.29, 0.717) is 13.0 Å². The Morgan fingerprint density at radius 2 is 2.53 bits per heavy atom. The fourth-order valence-electron chi connectivity index (χ4n) is 1.73. The Balaban J connectivity index is 2.03. The maximum atomic E-state index is 12.0. The number of halogens is 1. The first kappa shape index (κ1) is 12.5. The number of allylic oxidation sites excluding steroid dienone is 2. The van der Waals surface area contributed by atoms with Gasteiger partial charge in [-0.05, 0) is 22.2 Å². The van der Waals surface area contributed by atoms with Crippen molar-refractivity contribution in [1.82, 2.24) is 9.55 Å². The van der Waals surface area contributed by atoms with Gasteiger partial charge in [0.2, 0.25) is 0 Å². The van der Waals surface area contributed by atoms with Crippen LogP contribution in [-0.2, 0) is 4.74 Å². The fourth-order valence-corrected chi connectivity index (χ4v) is 1.91. The molecule has 2 rings (SSSR count). The number of carbonyl (C=O) groups excluding carboxylic acids is 1. The van der Waals surface area contributed by atoms with Crippen LogP contribution >= 0.6 is 22.6 Å². The molecule has 2 heterocycles. The average molecular weight is 344 g/mol. The Hall–Kier alpha value is -0.950. The SMILES string of the molecule is CC(=C/I)/C=C1/CO[C@@H](C(=O)n2ccnc2)C1. The summed E-state index contributed by atoms with van der Waals surface area (Å²) >= 11 is 2.20. The normalized spacial score (nSPS) is 23.3. The minimum Gasteiger partial charge on any atom is -0.364 e. The van der Waals surface area contributed by atoms with E-state index in [1.54, 1.807) is 12.4 Å². The Morgan fingerprint density at radius 1 is 1.71 bits per heavy atom. The second-order valence-corrected chi connectivity index (χ2v) is 4.59. The summed E-state index contributed by atoms with van der Waals surface area (Å²) in [6, 6.07) is 0. The minimum absolute atomic E-state index is 0.0537. The lowest BCUT2D eigenvalue weighted by atomic mass is 10.1. The van der Waals surface area contributed by atoms with Gasteiger partial charge >= 0.3 is 0 Å². The van der Waals surface area contributed by atoms with Gasteiger partial charge in [0.05, 0.1) is 6.61 Å². The standard InChI is InChI=1S/C12H13IN2O2/c1-9(6-13)4-10-5-11(17-7-10)12(16)15-3-2-14-8-15/h2-4,6,8,11H,5,7H2,1H3/b9-6-,10-4+/t11-/m1/s1. The molecule has 0 bridgehead atoms. The molecule has 1 fully saturated rings. The third-order valence-corrected chi connectivity index (χ3v) is 3.54. The number of imidazole rings is 1. The molecule has 0 spiro atoms. The van der Waals surface area contributed by atoms with Crippen LogP contribution in [-0.4, -0.2) is 28.2 Å². The van der Waals surface area contributed by atoms with Gasteiger partial charge in [-0.15, -0.1) is 0 Å². The van der Waals surface area contributed by atoms with Gasteiger partial charge in [-0.1, -0.05) is 28.7 Å². The smallest absolute Gasteiger partial charge is 0.261 e. The molecule has 1 aromatic heterocycles. The predicted molar refractivity (Wildman–Crippen MR) is 73.1 cm³/mol. The van der Waals surface area contributed by atoms with E-state index in [-0.39, 0.29) is 12.0 Å². The van der Waals surface area contributed by atoms with E-state index in [1.165, 1.54) is 16.5 Å². The highest BCUT2D eigenvalue weighted by atomic mass is 127. The second kappa shape index (κ2) is 5.59. The van der Waals surface area contributed by atoms with Crippen LogP contribution in [0, 0.1) is 0 Å². The first-order chi connectivity index (χ1) is 8.20. The molecular formula is C12H13IN2O2. The third-order valence-electron chi connectivity index (χ3n) is 2.56. The van der Waals surface area contributed by atoms with E-state index in [1.807, 2.05) is 11.0 Å². The van der Waals surface area contributed by atoms with Crippen LogP contribution in [0.2, 0.25) is 0 Å². The van der Waals surface area contributed by atoms with E-state index >= 15 is 0 Å². The topological polar surface area (TPSA) is 44.1 Å². The van der Waals surface area contributed by atoms with Crippen molar-refractivity contribution in [3.05, 3.63) is 40.0 Å². The van der Waals surface area contributed by atoms with Crippen LogP contribution in [0.25, 0.3) is 0 Å². The number of rotatable bonds is 2. The molecule has 0 aliphatic carbocycles. The average Bonchev–Trinajstić information content (AvgIpc) is 2.98. The number of carbonyl (C=O) groups is 1. The molecule has 1 aliphatic rings. The summed E-state index contributed by atoms with van der Waals surface area (Å²) in [5.41, 5.74) is 2.34. The maximum Gasteiger partial charge on any atom is 0.261 e. The highest BCUT2D eigenvalue weighted by molar-refractivity contribution is 14.1. The van der Waals surface area contributed by atoms with Gasteiger partial charge in [-0.2, -0.15) is 0 Å². The number of nitrogens with zero attached hydrogens (tertiary/aromatic N) is 2. The Morgan fingerprint density at radius 3 is 3.18 bits per heavy atom. The molecule has 1 atom stereocenters. The van der Waals surface area contributed by atoms with Crippen LogP contribution in [0.3, 0.4) is 0 Å². The highest BCUT2D eigenvalue weighted by Crippen LogP contribution is 2.21. The molecule has 0 saturated carbocycles. The van der Waals surface area contributed by atoms with Gasteiger partial charge < -0.3 is 4.74 Å². The number of ether oxygens (including phenoxy) is 1. The monoisotopic (exact) mass is 344 g/mol. The molecule has 1 aromatic rings. The van der Waals surface area contributed by atoms with Gasteiger partial charge in [0.1, 0.15) is 12.4 Å².